The van der Waals surface area contributed by atoms with Gasteiger partial charge in [-0.1, -0.05) is 32.8 Å². The minimum Gasteiger partial charge on any atom is -0.390 e. The van der Waals surface area contributed by atoms with Crippen molar-refractivity contribution in [1.82, 2.24) is 10.6 Å². The normalized spacial score (nSPS) is 14.5. The minimum absolute atomic E-state index is 0. The van der Waals surface area contributed by atoms with Gasteiger partial charge in [-0.05, 0) is 37.6 Å². The molecule has 0 radical (unpaired) electrons. The lowest BCUT2D eigenvalue weighted by Gasteiger charge is -2.18. The van der Waals surface area contributed by atoms with Gasteiger partial charge in [-0.25, -0.2) is 8.42 Å². The molecular formula is C18H34IN3O3S2. The van der Waals surface area contributed by atoms with Crippen molar-refractivity contribution in [3.63, 3.8) is 0 Å². The zero-order valence-electron chi connectivity index (χ0n) is 16.6. The van der Waals surface area contributed by atoms with E-state index in [2.05, 4.69) is 36.4 Å². The molecule has 2 unspecified atom stereocenters. The van der Waals surface area contributed by atoms with Gasteiger partial charge < -0.3 is 15.7 Å². The SMILES string of the molecule is CCNC(=NCC(O)CS(=O)(=O)c1cccs1)NC(C)CCCC(C)C.I. The van der Waals surface area contributed by atoms with Gasteiger partial charge in [-0.3, -0.25) is 4.99 Å². The standard InChI is InChI=1S/C18H33N3O3S2.HI/c1-5-19-18(21-15(4)9-6-8-14(2)3)20-12-16(22)13-26(23,24)17-10-7-11-25-17;/h7,10-11,14-16,22H,5-6,8-9,12-13H2,1-4H3,(H2,19,20,21);1H. The Hall–Kier alpha value is -0.390. The van der Waals surface area contributed by atoms with Gasteiger partial charge >= 0.3 is 0 Å². The smallest absolute Gasteiger partial charge is 0.191 e. The molecule has 27 heavy (non-hydrogen) atoms. The van der Waals surface area contributed by atoms with Crippen LogP contribution in [0, 0.1) is 5.92 Å². The number of aliphatic hydroxyl groups excluding tert-OH is 1. The third kappa shape index (κ3) is 11.3. The van der Waals surface area contributed by atoms with E-state index in [1.54, 1.807) is 17.5 Å². The summed E-state index contributed by atoms with van der Waals surface area (Å²) < 4.78 is 24.7. The Morgan fingerprint density at radius 3 is 2.56 bits per heavy atom. The molecule has 1 aromatic rings. The fraction of sp³-hybridized carbons (Fsp3) is 0.722. The Morgan fingerprint density at radius 1 is 1.30 bits per heavy atom. The molecule has 2 atom stereocenters. The predicted molar refractivity (Wildman–Crippen MR) is 125 cm³/mol. The number of nitrogens with one attached hydrogen (secondary N) is 2. The number of sulfone groups is 1. The maximum absolute atomic E-state index is 12.2. The first-order valence-corrected chi connectivity index (χ1v) is 11.8. The van der Waals surface area contributed by atoms with Crippen molar-refractivity contribution in [2.45, 2.75) is 63.3 Å². The molecule has 0 aliphatic carbocycles. The maximum Gasteiger partial charge on any atom is 0.191 e. The molecule has 0 bridgehead atoms. The topological polar surface area (TPSA) is 90.8 Å². The van der Waals surface area contributed by atoms with Crippen molar-refractivity contribution in [2.75, 3.05) is 18.8 Å². The minimum atomic E-state index is -3.46. The number of halogens is 1. The molecule has 6 nitrogen and oxygen atoms in total. The molecule has 3 N–H and O–H groups in total. The van der Waals surface area contributed by atoms with Gasteiger partial charge in [0.2, 0.25) is 0 Å². The molecule has 158 valence electrons. The molecule has 0 amide bonds. The van der Waals surface area contributed by atoms with Crippen molar-refractivity contribution in [3.05, 3.63) is 17.5 Å². The lowest BCUT2D eigenvalue weighted by atomic mass is 10.0. The highest BCUT2D eigenvalue weighted by Gasteiger charge is 2.20. The Kier molecular flexibility index (Phi) is 13.5. The molecule has 0 spiro atoms. The molecule has 0 aliphatic rings. The van der Waals surface area contributed by atoms with Crippen LogP contribution in [0.15, 0.2) is 26.7 Å². The van der Waals surface area contributed by atoms with E-state index in [1.807, 2.05) is 6.92 Å². The van der Waals surface area contributed by atoms with E-state index in [0.717, 1.165) is 24.2 Å². The third-order valence-electron chi connectivity index (χ3n) is 3.82. The van der Waals surface area contributed by atoms with E-state index >= 15 is 0 Å². The first-order valence-electron chi connectivity index (χ1n) is 9.23. The fourth-order valence-corrected chi connectivity index (χ4v) is 4.95. The summed E-state index contributed by atoms with van der Waals surface area (Å²) >= 11 is 1.16. The van der Waals surface area contributed by atoms with Crippen LogP contribution in [0.25, 0.3) is 0 Å². The molecule has 0 aromatic carbocycles. The number of aliphatic imine (C=N–C) groups is 1. The van der Waals surface area contributed by atoms with E-state index in [4.69, 9.17) is 0 Å². The van der Waals surface area contributed by atoms with Crippen LogP contribution in [0.2, 0.25) is 0 Å². The zero-order valence-corrected chi connectivity index (χ0v) is 20.6. The van der Waals surface area contributed by atoms with Crippen molar-refractivity contribution in [1.29, 1.82) is 0 Å². The highest BCUT2D eigenvalue weighted by atomic mass is 127. The molecule has 1 aromatic heterocycles. The van der Waals surface area contributed by atoms with Gasteiger partial charge in [0.1, 0.15) is 4.21 Å². The summed E-state index contributed by atoms with van der Waals surface area (Å²) in [5.74, 6) is 0.988. The van der Waals surface area contributed by atoms with Gasteiger partial charge in [0.05, 0.1) is 18.4 Å². The molecule has 1 heterocycles. The second-order valence-electron chi connectivity index (χ2n) is 6.96. The van der Waals surface area contributed by atoms with Gasteiger partial charge in [0.25, 0.3) is 0 Å². The van der Waals surface area contributed by atoms with Crippen LogP contribution in [0.1, 0.15) is 47.0 Å². The number of hydrogen-bond acceptors (Lipinski definition) is 5. The Morgan fingerprint density at radius 2 is 2.00 bits per heavy atom. The van der Waals surface area contributed by atoms with Gasteiger partial charge in [0.15, 0.2) is 15.8 Å². The van der Waals surface area contributed by atoms with Crippen LogP contribution in [-0.2, 0) is 9.84 Å². The average Bonchev–Trinajstić information content (AvgIpc) is 3.07. The van der Waals surface area contributed by atoms with Gasteiger partial charge in [-0.2, -0.15) is 0 Å². The van der Waals surface area contributed by atoms with Crippen molar-refractivity contribution in [3.8, 4) is 0 Å². The highest BCUT2D eigenvalue weighted by molar-refractivity contribution is 14.0. The number of guanidine groups is 1. The second kappa shape index (κ2) is 13.7. The molecule has 1 rings (SSSR count). The molecule has 0 fully saturated rings. The van der Waals surface area contributed by atoms with Crippen molar-refractivity contribution in [2.24, 2.45) is 10.9 Å². The Balaban J connectivity index is 0.00000676. The van der Waals surface area contributed by atoms with E-state index < -0.39 is 15.9 Å². The summed E-state index contributed by atoms with van der Waals surface area (Å²) in [7, 11) is -3.46. The van der Waals surface area contributed by atoms with Crippen LogP contribution >= 0.6 is 35.3 Å². The lowest BCUT2D eigenvalue weighted by molar-refractivity contribution is 0.206. The van der Waals surface area contributed by atoms with Crippen molar-refractivity contribution >= 4 is 51.1 Å². The summed E-state index contributed by atoms with van der Waals surface area (Å²) in [6.45, 7) is 9.25. The first-order chi connectivity index (χ1) is 12.2. The number of rotatable bonds is 11. The van der Waals surface area contributed by atoms with E-state index in [-0.39, 0.29) is 46.5 Å². The summed E-state index contributed by atoms with van der Waals surface area (Å²) in [6, 6.07) is 3.51. The highest BCUT2D eigenvalue weighted by Crippen LogP contribution is 2.18. The van der Waals surface area contributed by atoms with Crippen LogP contribution in [0.5, 0.6) is 0 Å². The Labute approximate surface area is 185 Å². The monoisotopic (exact) mass is 531 g/mol. The largest absolute Gasteiger partial charge is 0.390 e. The third-order valence-corrected chi connectivity index (χ3v) is 7.10. The number of thiophene rings is 1. The number of nitrogens with zero attached hydrogens (tertiary/aromatic N) is 1. The second-order valence-corrected chi connectivity index (χ2v) is 10.2. The quantitative estimate of drug-likeness (QED) is 0.232. The van der Waals surface area contributed by atoms with Crippen LogP contribution in [-0.4, -0.2) is 50.5 Å². The zero-order chi connectivity index (χ0) is 19.6. The molecule has 0 aliphatic heterocycles. The number of hydrogen-bond donors (Lipinski definition) is 3. The fourth-order valence-electron chi connectivity index (χ4n) is 2.48. The summed E-state index contributed by atoms with van der Waals surface area (Å²) in [6.07, 6.45) is 2.35. The average molecular weight is 532 g/mol. The first kappa shape index (κ1) is 26.6. The summed E-state index contributed by atoms with van der Waals surface area (Å²) in [5.41, 5.74) is 0. The lowest BCUT2D eigenvalue weighted by Crippen LogP contribution is -2.42. The van der Waals surface area contributed by atoms with E-state index in [1.165, 1.54) is 6.42 Å². The molecule has 9 heteroatoms. The maximum atomic E-state index is 12.2. The molecule has 0 saturated heterocycles. The van der Waals surface area contributed by atoms with Gasteiger partial charge in [-0.15, -0.1) is 35.3 Å². The predicted octanol–water partition coefficient (Wildman–Crippen LogP) is 3.27. The van der Waals surface area contributed by atoms with Crippen molar-refractivity contribution < 1.29 is 13.5 Å². The van der Waals surface area contributed by atoms with Crippen LogP contribution < -0.4 is 10.6 Å². The summed E-state index contributed by atoms with van der Waals surface area (Å²) in [4.78, 5) is 4.35. The summed E-state index contributed by atoms with van der Waals surface area (Å²) in [5, 5.41) is 18.3. The van der Waals surface area contributed by atoms with E-state index in [0.29, 0.717) is 18.4 Å². The van der Waals surface area contributed by atoms with Gasteiger partial charge in [0, 0.05) is 12.6 Å². The molecule has 0 saturated carbocycles. The van der Waals surface area contributed by atoms with Crippen LogP contribution in [0.3, 0.4) is 0 Å². The Bertz CT molecular complexity index is 634. The van der Waals surface area contributed by atoms with E-state index in [9.17, 15) is 13.5 Å². The number of aliphatic hydroxyl groups is 1. The van der Waals surface area contributed by atoms with Crippen LogP contribution in [0.4, 0.5) is 0 Å². The molecular weight excluding hydrogens is 497 g/mol.